The Labute approximate surface area is 138 Å². The molecule has 0 saturated heterocycles. The summed E-state index contributed by atoms with van der Waals surface area (Å²) in [6.45, 7) is 2.06. The molecular formula is C18H18FN3O2. The quantitative estimate of drug-likeness (QED) is 0.801. The van der Waals surface area contributed by atoms with Crippen molar-refractivity contribution in [3.63, 3.8) is 0 Å². The lowest BCUT2D eigenvalue weighted by Crippen LogP contribution is -2.24. The first-order valence-corrected chi connectivity index (χ1v) is 7.67. The monoisotopic (exact) mass is 327 g/mol. The fraction of sp³-hybridized carbons (Fsp3) is 0.222. The van der Waals surface area contributed by atoms with Gasteiger partial charge in [-0.1, -0.05) is 18.2 Å². The number of hydrogen-bond donors (Lipinski definition) is 1. The number of anilines is 1. The van der Waals surface area contributed by atoms with Gasteiger partial charge in [0.25, 0.3) is 0 Å². The summed E-state index contributed by atoms with van der Waals surface area (Å²) in [7, 11) is 1.70. The van der Waals surface area contributed by atoms with Crippen LogP contribution in [0, 0.1) is 12.7 Å². The zero-order chi connectivity index (χ0) is 17.3. The Balaban J connectivity index is 1.77. The van der Waals surface area contributed by atoms with Gasteiger partial charge < -0.3 is 5.32 Å². The first-order valence-electron chi connectivity index (χ1n) is 7.67. The van der Waals surface area contributed by atoms with E-state index in [0.717, 1.165) is 16.6 Å². The molecule has 0 fully saturated rings. The summed E-state index contributed by atoms with van der Waals surface area (Å²) >= 11 is 0. The predicted octanol–water partition coefficient (Wildman–Crippen LogP) is 2.82. The van der Waals surface area contributed by atoms with Crippen molar-refractivity contribution in [2.75, 3.05) is 5.32 Å². The summed E-state index contributed by atoms with van der Waals surface area (Å²) in [5.74, 6) is -0.810. The number of nitrogens with zero attached hydrogens (tertiary/aromatic N) is 2. The number of imidazole rings is 1. The fourth-order valence-electron chi connectivity index (χ4n) is 2.74. The molecule has 1 amide bonds. The van der Waals surface area contributed by atoms with Crippen LogP contribution in [0.1, 0.15) is 12.0 Å². The molecule has 1 N–H and O–H groups in total. The van der Waals surface area contributed by atoms with Gasteiger partial charge in [0.1, 0.15) is 5.82 Å². The number of carbonyl (C=O) groups excluding carboxylic acids is 1. The summed E-state index contributed by atoms with van der Waals surface area (Å²) in [6.07, 6.45) is 0.0846. The van der Waals surface area contributed by atoms with E-state index in [4.69, 9.17) is 0 Å². The number of halogens is 1. The van der Waals surface area contributed by atoms with E-state index in [0.29, 0.717) is 0 Å². The van der Waals surface area contributed by atoms with Crippen LogP contribution < -0.4 is 11.0 Å². The van der Waals surface area contributed by atoms with Crippen LogP contribution in [0.4, 0.5) is 10.1 Å². The van der Waals surface area contributed by atoms with E-state index in [2.05, 4.69) is 5.32 Å². The molecule has 1 aromatic heterocycles. The van der Waals surface area contributed by atoms with Crippen LogP contribution in [0.15, 0.2) is 47.3 Å². The average molecular weight is 327 g/mol. The number of nitrogens with one attached hydrogen (secondary N) is 1. The maximum absolute atomic E-state index is 13.7. The molecule has 0 bridgehead atoms. The summed E-state index contributed by atoms with van der Waals surface area (Å²) < 4.78 is 16.8. The number of carbonyl (C=O) groups is 1. The minimum Gasteiger partial charge on any atom is -0.324 e. The predicted molar refractivity (Wildman–Crippen MR) is 91.6 cm³/mol. The van der Waals surface area contributed by atoms with Crippen molar-refractivity contribution >= 4 is 22.6 Å². The Morgan fingerprint density at radius 3 is 2.62 bits per heavy atom. The summed E-state index contributed by atoms with van der Waals surface area (Å²) in [5, 5.41) is 2.56. The summed E-state index contributed by atoms with van der Waals surface area (Å²) in [4.78, 5) is 24.4. The molecule has 5 nitrogen and oxygen atoms in total. The molecule has 3 rings (SSSR count). The highest BCUT2D eigenvalue weighted by Gasteiger charge is 2.12. The molecule has 0 atom stereocenters. The molecule has 2 aromatic carbocycles. The molecule has 0 unspecified atom stereocenters. The van der Waals surface area contributed by atoms with Crippen molar-refractivity contribution in [2.45, 2.75) is 19.9 Å². The SMILES string of the molecule is Cc1ccc(F)c(NC(=O)CCn2c(=O)n(C)c3ccccc32)c1. The number of hydrogen-bond acceptors (Lipinski definition) is 2. The second-order valence-electron chi connectivity index (χ2n) is 5.76. The first kappa shape index (κ1) is 16.0. The normalized spacial score (nSPS) is 11.0. The number of benzene rings is 2. The van der Waals surface area contributed by atoms with Gasteiger partial charge >= 0.3 is 5.69 Å². The lowest BCUT2D eigenvalue weighted by Gasteiger charge is -2.08. The van der Waals surface area contributed by atoms with Gasteiger partial charge in [-0.05, 0) is 36.8 Å². The van der Waals surface area contributed by atoms with E-state index in [1.807, 2.05) is 31.2 Å². The molecule has 0 saturated carbocycles. The summed E-state index contributed by atoms with van der Waals surface area (Å²) in [6, 6.07) is 11.9. The third-order valence-electron chi connectivity index (χ3n) is 4.01. The summed E-state index contributed by atoms with van der Waals surface area (Å²) in [5.41, 5.74) is 2.43. The maximum atomic E-state index is 13.7. The average Bonchev–Trinajstić information content (AvgIpc) is 2.81. The van der Waals surface area contributed by atoms with E-state index in [9.17, 15) is 14.0 Å². The van der Waals surface area contributed by atoms with Gasteiger partial charge in [-0.15, -0.1) is 0 Å². The number of aryl methyl sites for hydroxylation is 3. The number of aromatic nitrogens is 2. The number of fused-ring (bicyclic) bond motifs is 1. The van der Waals surface area contributed by atoms with Crippen LogP contribution in [0.3, 0.4) is 0 Å². The van der Waals surface area contributed by atoms with Crippen molar-refractivity contribution in [2.24, 2.45) is 7.05 Å². The maximum Gasteiger partial charge on any atom is 0.328 e. The third kappa shape index (κ3) is 2.95. The van der Waals surface area contributed by atoms with Crippen LogP contribution in [-0.4, -0.2) is 15.0 Å². The molecule has 0 aliphatic rings. The van der Waals surface area contributed by atoms with Crippen LogP contribution in [0.25, 0.3) is 11.0 Å². The van der Waals surface area contributed by atoms with Gasteiger partial charge in [-0.25, -0.2) is 9.18 Å². The molecule has 124 valence electrons. The third-order valence-corrected chi connectivity index (χ3v) is 4.01. The molecule has 1 heterocycles. The molecule has 0 radical (unpaired) electrons. The van der Waals surface area contributed by atoms with Crippen molar-refractivity contribution in [3.05, 3.63) is 64.3 Å². The number of para-hydroxylation sites is 2. The van der Waals surface area contributed by atoms with Crippen molar-refractivity contribution in [3.8, 4) is 0 Å². The first-order chi connectivity index (χ1) is 11.5. The Bertz CT molecular complexity index is 972. The van der Waals surface area contributed by atoms with Crippen LogP contribution >= 0.6 is 0 Å². The topological polar surface area (TPSA) is 56.0 Å². The minimum absolute atomic E-state index is 0.0846. The molecule has 6 heteroatoms. The highest BCUT2D eigenvalue weighted by atomic mass is 19.1. The van der Waals surface area contributed by atoms with Gasteiger partial charge in [-0.3, -0.25) is 13.9 Å². The zero-order valence-electron chi connectivity index (χ0n) is 13.5. The molecule has 0 aliphatic carbocycles. The number of rotatable bonds is 4. The Morgan fingerprint density at radius 1 is 1.17 bits per heavy atom. The highest BCUT2D eigenvalue weighted by Crippen LogP contribution is 2.16. The Kier molecular flexibility index (Phi) is 4.20. The standard InChI is InChI=1S/C18H18FN3O2/c1-12-7-8-13(19)14(11-12)20-17(23)9-10-22-16-6-4-3-5-15(16)21(2)18(22)24/h3-8,11H,9-10H2,1-2H3,(H,20,23). The van der Waals surface area contributed by atoms with Gasteiger partial charge in [0.15, 0.2) is 0 Å². The van der Waals surface area contributed by atoms with Gasteiger partial charge in [0.2, 0.25) is 5.91 Å². The lowest BCUT2D eigenvalue weighted by atomic mass is 10.2. The van der Waals surface area contributed by atoms with E-state index >= 15 is 0 Å². The highest BCUT2D eigenvalue weighted by molar-refractivity contribution is 5.91. The lowest BCUT2D eigenvalue weighted by molar-refractivity contribution is -0.116. The minimum atomic E-state index is -0.476. The Morgan fingerprint density at radius 2 is 1.88 bits per heavy atom. The van der Waals surface area contributed by atoms with Gasteiger partial charge in [0.05, 0.1) is 16.7 Å². The molecule has 0 spiro atoms. The fourth-order valence-corrected chi connectivity index (χ4v) is 2.74. The zero-order valence-corrected chi connectivity index (χ0v) is 13.5. The second-order valence-corrected chi connectivity index (χ2v) is 5.76. The van der Waals surface area contributed by atoms with Crippen molar-refractivity contribution in [1.29, 1.82) is 0 Å². The smallest absolute Gasteiger partial charge is 0.324 e. The largest absolute Gasteiger partial charge is 0.328 e. The molecule has 3 aromatic rings. The van der Waals surface area contributed by atoms with E-state index in [1.165, 1.54) is 6.07 Å². The second kappa shape index (κ2) is 6.31. The molecule has 0 aliphatic heterocycles. The van der Waals surface area contributed by atoms with E-state index in [1.54, 1.807) is 28.3 Å². The Hall–Kier alpha value is -2.89. The van der Waals surface area contributed by atoms with Crippen LogP contribution in [0.5, 0.6) is 0 Å². The van der Waals surface area contributed by atoms with Crippen molar-refractivity contribution in [1.82, 2.24) is 9.13 Å². The van der Waals surface area contributed by atoms with Gasteiger partial charge in [0, 0.05) is 20.0 Å². The van der Waals surface area contributed by atoms with Crippen LogP contribution in [-0.2, 0) is 18.4 Å². The number of amides is 1. The van der Waals surface area contributed by atoms with Crippen molar-refractivity contribution < 1.29 is 9.18 Å². The molecular weight excluding hydrogens is 309 g/mol. The van der Waals surface area contributed by atoms with E-state index < -0.39 is 5.82 Å². The molecule has 24 heavy (non-hydrogen) atoms. The van der Waals surface area contributed by atoms with Gasteiger partial charge in [-0.2, -0.15) is 0 Å². The van der Waals surface area contributed by atoms with Crippen LogP contribution in [0.2, 0.25) is 0 Å². The van der Waals surface area contributed by atoms with E-state index in [-0.39, 0.29) is 30.2 Å².